The Hall–Kier alpha value is -5.46. The summed E-state index contributed by atoms with van der Waals surface area (Å²) in [5.41, 5.74) is 6.93. The van der Waals surface area contributed by atoms with E-state index in [1.165, 1.54) is 0 Å². The standard InChI is InChI=1S/C40H44N6O6/c1-25-29(9-7-11-31(25)43-37(47)33-17-15-27(21-41-33)23-45-19-5-3-13-35(45)39(49)50)30-10-8-12-32(26(30)2)44-38(48)34-18-16-28(22-42-34)24-46-20-6-4-14-36(46)40(51)52/h7-12,15-18,21-22,35-36H,3-6,13-14,19-20,23-24H2,1-2H3,(H,43,47)(H,44,48)(H,49,50)(H,51,52)/t35-,36-/m0/s1. The smallest absolute Gasteiger partial charge is 0.320 e. The van der Waals surface area contributed by atoms with Gasteiger partial charge >= 0.3 is 11.9 Å². The molecule has 2 aromatic heterocycles. The van der Waals surface area contributed by atoms with Crippen molar-refractivity contribution < 1.29 is 29.4 Å². The third-order valence-corrected chi connectivity index (χ3v) is 10.1. The number of benzene rings is 2. The van der Waals surface area contributed by atoms with Gasteiger partial charge in [0, 0.05) is 36.9 Å². The van der Waals surface area contributed by atoms with Gasteiger partial charge in [0.25, 0.3) is 11.8 Å². The fourth-order valence-corrected chi connectivity index (χ4v) is 7.19. The van der Waals surface area contributed by atoms with Crippen LogP contribution in [0.2, 0.25) is 0 Å². The first-order valence-corrected chi connectivity index (χ1v) is 17.7. The number of likely N-dealkylation sites (tertiary alicyclic amines) is 2. The number of aromatic nitrogens is 2. The molecule has 0 bridgehead atoms. The normalized spacial score (nSPS) is 18.0. The van der Waals surface area contributed by atoms with Crippen LogP contribution in [-0.2, 0) is 22.7 Å². The first-order valence-electron chi connectivity index (χ1n) is 17.7. The SMILES string of the molecule is Cc1c(NC(=O)c2ccc(CN3CCCC[C@H]3C(=O)O)cn2)cccc1-c1cccc(NC(=O)c2ccc(CN3CCCC[C@H]3C(=O)O)cn2)c1C. The van der Waals surface area contributed by atoms with E-state index < -0.39 is 24.0 Å². The van der Waals surface area contributed by atoms with Crippen molar-refractivity contribution in [2.75, 3.05) is 23.7 Å². The van der Waals surface area contributed by atoms with Crippen LogP contribution in [0.1, 0.15) is 81.8 Å². The molecule has 0 unspecified atom stereocenters. The number of amides is 2. The van der Waals surface area contributed by atoms with Gasteiger partial charge in [-0.2, -0.15) is 0 Å². The van der Waals surface area contributed by atoms with E-state index in [9.17, 15) is 29.4 Å². The topological polar surface area (TPSA) is 165 Å². The maximum atomic E-state index is 13.3. The molecule has 4 N–H and O–H groups in total. The molecule has 52 heavy (non-hydrogen) atoms. The van der Waals surface area contributed by atoms with Crippen LogP contribution in [0, 0.1) is 13.8 Å². The number of nitrogens with zero attached hydrogens (tertiary/aromatic N) is 4. The van der Waals surface area contributed by atoms with E-state index in [0.717, 1.165) is 59.1 Å². The highest BCUT2D eigenvalue weighted by atomic mass is 16.4. The van der Waals surface area contributed by atoms with Crippen LogP contribution in [0.25, 0.3) is 11.1 Å². The summed E-state index contributed by atoms with van der Waals surface area (Å²) in [4.78, 5) is 62.5. The average molecular weight is 705 g/mol. The lowest BCUT2D eigenvalue weighted by molar-refractivity contribution is -0.145. The van der Waals surface area contributed by atoms with Crippen molar-refractivity contribution in [3.8, 4) is 11.1 Å². The van der Waals surface area contributed by atoms with Gasteiger partial charge in [-0.15, -0.1) is 0 Å². The van der Waals surface area contributed by atoms with Crippen molar-refractivity contribution in [2.24, 2.45) is 0 Å². The predicted molar refractivity (Wildman–Crippen MR) is 197 cm³/mol. The largest absolute Gasteiger partial charge is 0.480 e. The number of hydrogen-bond donors (Lipinski definition) is 4. The summed E-state index contributed by atoms with van der Waals surface area (Å²) in [6, 6.07) is 17.3. The molecule has 0 spiro atoms. The Kier molecular flexibility index (Phi) is 11.4. The zero-order chi connectivity index (χ0) is 36.8. The van der Waals surface area contributed by atoms with Crippen molar-refractivity contribution in [1.29, 1.82) is 0 Å². The number of carboxylic acid groups (broad SMARTS) is 2. The zero-order valence-corrected chi connectivity index (χ0v) is 29.5. The van der Waals surface area contributed by atoms with E-state index in [1.807, 2.05) is 72.2 Å². The lowest BCUT2D eigenvalue weighted by Crippen LogP contribution is -2.44. The molecule has 2 atom stereocenters. The minimum atomic E-state index is -0.810. The van der Waals surface area contributed by atoms with Crippen molar-refractivity contribution in [3.05, 3.63) is 107 Å². The fourth-order valence-electron chi connectivity index (χ4n) is 7.19. The van der Waals surface area contributed by atoms with Crippen molar-refractivity contribution in [2.45, 2.75) is 77.5 Å². The summed E-state index contributed by atoms with van der Waals surface area (Å²) in [6.45, 7) is 6.21. The summed E-state index contributed by atoms with van der Waals surface area (Å²) >= 11 is 0. The Balaban J connectivity index is 1.11. The fraction of sp³-hybridized carbons (Fsp3) is 0.350. The molecule has 2 saturated heterocycles. The van der Waals surface area contributed by atoms with Crippen LogP contribution in [0.3, 0.4) is 0 Å². The number of carbonyl (C=O) groups excluding carboxylic acids is 2. The van der Waals surface area contributed by atoms with Gasteiger partial charge in [-0.25, -0.2) is 0 Å². The van der Waals surface area contributed by atoms with Crippen LogP contribution in [0.4, 0.5) is 11.4 Å². The highest BCUT2D eigenvalue weighted by molar-refractivity contribution is 6.05. The lowest BCUT2D eigenvalue weighted by Gasteiger charge is -2.32. The van der Waals surface area contributed by atoms with E-state index in [4.69, 9.17) is 0 Å². The van der Waals surface area contributed by atoms with Gasteiger partial charge in [0.1, 0.15) is 23.5 Å². The van der Waals surface area contributed by atoms with Crippen LogP contribution >= 0.6 is 0 Å². The molecule has 6 rings (SSSR count). The first-order chi connectivity index (χ1) is 25.1. The molecule has 12 heteroatoms. The van der Waals surface area contributed by atoms with Gasteiger partial charge < -0.3 is 20.8 Å². The summed E-state index contributed by atoms with van der Waals surface area (Å²) in [5, 5.41) is 25.1. The Labute approximate surface area is 302 Å². The molecule has 2 aliphatic rings. The maximum absolute atomic E-state index is 13.3. The second-order valence-electron chi connectivity index (χ2n) is 13.6. The molecule has 2 aromatic carbocycles. The minimum Gasteiger partial charge on any atom is -0.480 e. The van der Waals surface area contributed by atoms with Crippen LogP contribution < -0.4 is 10.6 Å². The molecule has 4 heterocycles. The summed E-state index contributed by atoms with van der Waals surface area (Å²) in [7, 11) is 0. The number of piperidine rings is 2. The van der Waals surface area contributed by atoms with Crippen molar-refractivity contribution in [1.82, 2.24) is 19.8 Å². The Morgan fingerprint density at radius 3 is 1.42 bits per heavy atom. The quantitative estimate of drug-likeness (QED) is 0.142. The molecule has 12 nitrogen and oxygen atoms in total. The molecule has 2 amide bonds. The minimum absolute atomic E-state index is 0.250. The van der Waals surface area contributed by atoms with E-state index in [-0.39, 0.29) is 23.2 Å². The van der Waals surface area contributed by atoms with Crippen LogP contribution in [-0.4, -0.2) is 78.9 Å². The molecular formula is C40H44N6O6. The van der Waals surface area contributed by atoms with Crippen LogP contribution in [0.15, 0.2) is 73.1 Å². The number of rotatable bonds is 11. The van der Waals surface area contributed by atoms with Gasteiger partial charge in [-0.05, 0) is 110 Å². The van der Waals surface area contributed by atoms with E-state index in [2.05, 4.69) is 20.6 Å². The predicted octanol–water partition coefficient (Wildman–Crippen LogP) is 6.14. The van der Waals surface area contributed by atoms with Gasteiger partial charge in [0.2, 0.25) is 0 Å². The third-order valence-electron chi connectivity index (χ3n) is 10.1. The number of anilines is 2. The molecular weight excluding hydrogens is 660 g/mol. The zero-order valence-electron chi connectivity index (χ0n) is 29.5. The molecule has 2 fully saturated rings. The van der Waals surface area contributed by atoms with E-state index >= 15 is 0 Å². The average Bonchev–Trinajstić information content (AvgIpc) is 3.14. The summed E-state index contributed by atoms with van der Waals surface area (Å²) in [6.07, 6.45) is 8.24. The molecule has 0 radical (unpaired) electrons. The molecule has 270 valence electrons. The third kappa shape index (κ3) is 8.35. The molecule has 0 saturated carbocycles. The van der Waals surface area contributed by atoms with Gasteiger partial charge in [0.05, 0.1) is 0 Å². The maximum Gasteiger partial charge on any atom is 0.320 e. The van der Waals surface area contributed by atoms with Crippen molar-refractivity contribution in [3.63, 3.8) is 0 Å². The second kappa shape index (κ2) is 16.3. The number of carboxylic acids is 2. The highest BCUT2D eigenvalue weighted by Crippen LogP contribution is 2.34. The second-order valence-corrected chi connectivity index (χ2v) is 13.6. The summed E-state index contributed by atoms with van der Waals surface area (Å²) < 4.78 is 0. The lowest BCUT2D eigenvalue weighted by atomic mass is 9.94. The first kappa shape index (κ1) is 36.3. The molecule has 4 aromatic rings. The molecule has 0 aliphatic carbocycles. The van der Waals surface area contributed by atoms with Crippen LogP contribution in [0.5, 0.6) is 0 Å². The monoisotopic (exact) mass is 704 g/mol. The van der Waals surface area contributed by atoms with E-state index in [1.54, 1.807) is 24.5 Å². The Bertz CT molecular complexity index is 1810. The van der Waals surface area contributed by atoms with Gasteiger partial charge in [-0.3, -0.25) is 38.9 Å². The number of pyridine rings is 2. The molecule has 2 aliphatic heterocycles. The van der Waals surface area contributed by atoms with E-state index in [0.29, 0.717) is 50.4 Å². The Morgan fingerprint density at radius 1 is 0.635 bits per heavy atom. The Morgan fingerprint density at radius 2 is 1.06 bits per heavy atom. The van der Waals surface area contributed by atoms with Gasteiger partial charge in [-0.1, -0.05) is 49.2 Å². The number of aliphatic carboxylic acids is 2. The number of nitrogens with one attached hydrogen (secondary N) is 2. The number of carbonyl (C=O) groups is 4. The highest BCUT2D eigenvalue weighted by Gasteiger charge is 2.29. The summed E-state index contributed by atoms with van der Waals surface area (Å²) in [5.74, 6) is -2.34. The van der Waals surface area contributed by atoms with Gasteiger partial charge in [0.15, 0.2) is 0 Å². The van der Waals surface area contributed by atoms with Crippen molar-refractivity contribution >= 4 is 35.1 Å². The number of hydrogen-bond acceptors (Lipinski definition) is 8.